The fourth-order valence-electron chi connectivity index (χ4n) is 1.80. The van der Waals surface area contributed by atoms with Crippen LogP contribution in [0.4, 0.5) is 0 Å². The number of rotatable bonds is 10. The average molecular weight is 319 g/mol. The summed E-state index contributed by atoms with van der Waals surface area (Å²) in [6, 6.07) is 1.74. The van der Waals surface area contributed by atoms with Crippen LogP contribution in [0.25, 0.3) is 0 Å². The summed E-state index contributed by atoms with van der Waals surface area (Å²) in [5, 5.41) is 3.28. The maximum atomic E-state index is 12.1. The summed E-state index contributed by atoms with van der Waals surface area (Å²) in [7, 11) is -1.51. The summed E-state index contributed by atoms with van der Waals surface area (Å²) >= 11 is 1.72. The topological polar surface area (TPSA) is 63.1 Å². The summed E-state index contributed by atoms with van der Waals surface area (Å²) in [6.07, 6.45) is 5.59. The molecular weight excluding hydrogens is 294 g/mol. The third kappa shape index (κ3) is 5.47. The Bertz CT molecular complexity index is 498. The van der Waals surface area contributed by atoms with Crippen LogP contribution < -0.4 is 10.0 Å². The van der Waals surface area contributed by atoms with Gasteiger partial charge in [-0.05, 0) is 37.5 Å². The molecule has 0 aliphatic rings. The van der Waals surface area contributed by atoms with Gasteiger partial charge in [-0.3, -0.25) is 0 Å². The Morgan fingerprint density at radius 2 is 2.10 bits per heavy atom. The van der Waals surface area contributed by atoms with Crippen LogP contribution in [0.1, 0.15) is 25.5 Å². The van der Waals surface area contributed by atoms with E-state index < -0.39 is 10.0 Å². The minimum Gasteiger partial charge on any atom is -0.352 e. The van der Waals surface area contributed by atoms with Crippen molar-refractivity contribution < 1.29 is 8.42 Å². The molecular formula is C13H25N3O2S2. The Labute approximate surface area is 126 Å². The van der Waals surface area contributed by atoms with Crippen molar-refractivity contribution in [3.63, 3.8) is 0 Å². The molecule has 5 nitrogen and oxygen atoms in total. The SMILES string of the molecule is CCCNCc1cc(S(=O)(=O)NCCCSC)cn1C. The minimum atomic E-state index is -3.38. The highest BCUT2D eigenvalue weighted by molar-refractivity contribution is 7.98. The van der Waals surface area contributed by atoms with Crippen LogP contribution in [0.5, 0.6) is 0 Å². The molecule has 0 bridgehead atoms. The van der Waals surface area contributed by atoms with Crippen LogP contribution >= 0.6 is 11.8 Å². The van der Waals surface area contributed by atoms with E-state index in [1.54, 1.807) is 24.0 Å². The molecule has 1 heterocycles. The first kappa shape index (κ1) is 17.6. The lowest BCUT2D eigenvalue weighted by atomic mass is 10.4. The van der Waals surface area contributed by atoms with Crippen LogP contribution in [0, 0.1) is 0 Å². The molecule has 1 aromatic rings. The first-order valence-electron chi connectivity index (χ1n) is 6.85. The number of sulfonamides is 1. The molecule has 0 unspecified atom stereocenters. The van der Waals surface area contributed by atoms with Crippen LogP contribution in [0.15, 0.2) is 17.2 Å². The fraction of sp³-hybridized carbons (Fsp3) is 0.692. The van der Waals surface area contributed by atoms with Crippen molar-refractivity contribution in [3.05, 3.63) is 18.0 Å². The van der Waals surface area contributed by atoms with E-state index in [4.69, 9.17) is 0 Å². The maximum Gasteiger partial charge on any atom is 0.242 e. The molecule has 1 rings (SSSR count). The summed E-state index contributed by atoms with van der Waals surface area (Å²) < 4.78 is 28.8. The lowest BCUT2D eigenvalue weighted by molar-refractivity contribution is 0.581. The largest absolute Gasteiger partial charge is 0.352 e. The highest BCUT2D eigenvalue weighted by Gasteiger charge is 2.16. The molecule has 0 atom stereocenters. The maximum absolute atomic E-state index is 12.1. The zero-order valence-electron chi connectivity index (χ0n) is 12.5. The van der Waals surface area contributed by atoms with E-state index >= 15 is 0 Å². The number of hydrogen-bond acceptors (Lipinski definition) is 4. The molecule has 116 valence electrons. The summed E-state index contributed by atoms with van der Waals surface area (Å²) in [6.45, 7) is 4.21. The second-order valence-corrected chi connectivity index (χ2v) is 7.45. The number of nitrogens with zero attached hydrogens (tertiary/aromatic N) is 1. The van der Waals surface area contributed by atoms with Crippen molar-refractivity contribution >= 4 is 21.8 Å². The number of aryl methyl sites for hydroxylation is 1. The van der Waals surface area contributed by atoms with Gasteiger partial charge in [0.1, 0.15) is 0 Å². The van der Waals surface area contributed by atoms with E-state index in [1.807, 2.05) is 17.9 Å². The van der Waals surface area contributed by atoms with Gasteiger partial charge in [-0.2, -0.15) is 11.8 Å². The second kappa shape index (κ2) is 8.71. The third-order valence-corrected chi connectivity index (χ3v) is 5.07. The van der Waals surface area contributed by atoms with Gasteiger partial charge in [-0.25, -0.2) is 13.1 Å². The van der Waals surface area contributed by atoms with Crippen LogP contribution in [-0.2, 0) is 23.6 Å². The molecule has 0 amide bonds. The Morgan fingerprint density at radius 3 is 2.75 bits per heavy atom. The van der Waals surface area contributed by atoms with E-state index in [0.717, 1.165) is 30.8 Å². The van der Waals surface area contributed by atoms with Gasteiger partial charge in [0.2, 0.25) is 10.0 Å². The number of nitrogens with one attached hydrogen (secondary N) is 2. The van der Waals surface area contributed by atoms with E-state index in [2.05, 4.69) is 17.0 Å². The molecule has 0 aliphatic carbocycles. The third-order valence-electron chi connectivity index (χ3n) is 2.94. The standard InChI is InChI=1S/C13H25N3O2S2/c1-4-6-14-10-12-9-13(11-16(12)2)20(17,18)15-7-5-8-19-3/h9,11,14-15H,4-8,10H2,1-3H3. The summed E-state index contributed by atoms with van der Waals surface area (Å²) in [5.74, 6) is 0.962. The van der Waals surface area contributed by atoms with Gasteiger partial charge in [-0.15, -0.1) is 0 Å². The molecule has 0 fully saturated rings. The average Bonchev–Trinajstić information content (AvgIpc) is 2.78. The number of thioether (sulfide) groups is 1. The fourth-order valence-corrected chi connectivity index (χ4v) is 3.40. The van der Waals surface area contributed by atoms with Crippen molar-refractivity contribution in [1.29, 1.82) is 0 Å². The van der Waals surface area contributed by atoms with Crippen LogP contribution in [-0.4, -0.2) is 38.1 Å². The van der Waals surface area contributed by atoms with Crippen molar-refractivity contribution in [2.75, 3.05) is 25.1 Å². The van der Waals surface area contributed by atoms with Crippen LogP contribution in [0.3, 0.4) is 0 Å². The monoisotopic (exact) mass is 319 g/mol. The summed E-state index contributed by atoms with van der Waals surface area (Å²) in [5.41, 5.74) is 0.975. The van der Waals surface area contributed by atoms with Gasteiger partial charge in [0.25, 0.3) is 0 Å². The molecule has 2 N–H and O–H groups in total. The first-order valence-corrected chi connectivity index (χ1v) is 9.73. The van der Waals surface area contributed by atoms with Gasteiger partial charge < -0.3 is 9.88 Å². The predicted molar refractivity (Wildman–Crippen MR) is 85.6 cm³/mol. The van der Waals surface area contributed by atoms with E-state index in [0.29, 0.717) is 18.0 Å². The van der Waals surface area contributed by atoms with Crippen molar-refractivity contribution in [3.8, 4) is 0 Å². The van der Waals surface area contributed by atoms with Gasteiger partial charge in [0.05, 0.1) is 4.90 Å². The predicted octanol–water partition coefficient (Wildman–Crippen LogP) is 1.56. The Hall–Kier alpha value is -0.500. The van der Waals surface area contributed by atoms with E-state index in [9.17, 15) is 8.42 Å². The Kier molecular flexibility index (Phi) is 7.65. The highest BCUT2D eigenvalue weighted by Crippen LogP contribution is 2.13. The van der Waals surface area contributed by atoms with E-state index in [1.165, 1.54) is 0 Å². The quantitative estimate of drug-likeness (QED) is 0.642. The van der Waals surface area contributed by atoms with Gasteiger partial charge in [-0.1, -0.05) is 6.92 Å². The zero-order chi connectivity index (χ0) is 15.0. The number of aromatic nitrogens is 1. The minimum absolute atomic E-state index is 0.345. The molecule has 0 radical (unpaired) electrons. The molecule has 7 heteroatoms. The molecule has 1 aromatic heterocycles. The van der Waals surface area contributed by atoms with Crippen molar-refractivity contribution in [1.82, 2.24) is 14.6 Å². The first-order chi connectivity index (χ1) is 9.51. The highest BCUT2D eigenvalue weighted by atomic mass is 32.2. The van der Waals surface area contributed by atoms with Gasteiger partial charge >= 0.3 is 0 Å². The molecule has 0 saturated heterocycles. The molecule has 0 saturated carbocycles. The molecule has 0 aromatic carbocycles. The lowest BCUT2D eigenvalue weighted by Crippen LogP contribution is -2.24. The van der Waals surface area contributed by atoms with E-state index in [-0.39, 0.29) is 0 Å². The molecule has 20 heavy (non-hydrogen) atoms. The smallest absolute Gasteiger partial charge is 0.242 e. The Morgan fingerprint density at radius 1 is 1.35 bits per heavy atom. The lowest BCUT2D eigenvalue weighted by Gasteiger charge is -2.03. The van der Waals surface area contributed by atoms with Crippen molar-refractivity contribution in [2.24, 2.45) is 7.05 Å². The van der Waals surface area contributed by atoms with Crippen LogP contribution in [0.2, 0.25) is 0 Å². The summed E-state index contributed by atoms with van der Waals surface area (Å²) in [4.78, 5) is 0.345. The van der Waals surface area contributed by atoms with Crippen molar-refractivity contribution in [2.45, 2.75) is 31.2 Å². The molecule has 0 spiro atoms. The number of hydrogen-bond donors (Lipinski definition) is 2. The van der Waals surface area contributed by atoms with Gasteiger partial charge in [0, 0.05) is 32.0 Å². The van der Waals surface area contributed by atoms with Gasteiger partial charge in [0.15, 0.2) is 0 Å². The zero-order valence-corrected chi connectivity index (χ0v) is 14.1. The molecule has 0 aliphatic heterocycles. The second-order valence-electron chi connectivity index (χ2n) is 4.70. The normalized spacial score (nSPS) is 11.9. The Balaban J connectivity index is 2.63.